The topological polar surface area (TPSA) is 75.7 Å². The van der Waals surface area contributed by atoms with Crippen LogP contribution in [0.5, 0.6) is 0 Å². The highest BCUT2D eigenvalue weighted by molar-refractivity contribution is 7.12. The van der Waals surface area contributed by atoms with Gasteiger partial charge in [0, 0.05) is 12.7 Å². The Balaban J connectivity index is 1.85. The summed E-state index contributed by atoms with van der Waals surface area (Å²) in [6, 6.07) is 7.54. The Bertz CT molecular complexity index is 808. The number of aryl methyl sites for hydroxylation is 3. The molecule has 1 heterocycles. The summed E-state index contributed by atoms with van der Waals surface area (Å²) in [6.07, 6.45) is 0. The molecule has 7 heteroatoms. The van der Waals surface area contributed by atoms with Crippen LogP contribution < -0.4 is 5.32 Å². The van der Waals surface area contributed by atoms with Crippen LogP contribution in [0.3, 0.4) is 0 Å². The number of ether oxygens (including phenoxy) is 1. The molecule has 1 N–H and O–H groups in total. The quantitative estimate of drug-likeness (QED) is 0.789. The first-order valence-corrected chi connectivity index (χ1v) is 8.98. The fourth-order valence-electron chi connectivity index (χ4n) is 2.38. The van der Waals surface area contributed by atoms with Gasteiger partial charge in [0.1, 0.15) is 4.88 Å². The number of hydrogen-bond donors (Lipinski definition) is 1. The van der Waals surface area contributed by atoms with E-state index in [2.05, 4.69) is 5.32 Å². The standard InChI is InChI=1S/C19H22N2O4S/c1-12-6-5-7-13(2)17(12)20-15(22)10-21(4)16(23)11-25-19(24)18-14(3)8-9-26-18/h5-9H,10-11H2,1-4H3,(H,20,22). The fourth-order valence-corrected chi connectivity index (χ4v) is 3.20. The van der Waals surface area contributed by atoms with Crippen LogP contribution in [0, 0.1) is 20.8 Å². The monoisotopic (exact) mass is 374 g/mol. The zero-order chi connectivity index (χ0) is 19.3. The lowest BCUT2D eigenvalue weighted by molar-refractivity contribution is -0.136. The molecular weight excluding hydrogens is 352 g/mol. The molecule has 0 saturated carbocycles. The highest BCUT2D eigenvalue weighted by Crippen LogP contribution is 2.19. The van der Waals surface area contributed by atoms with Crippen molar-refractivity contribution in [3.63, 3.8) is 0 Å². The number of likely N-dealkylation sites (N-methyl/N-ethyl adjacent to an activating group) is 1. The second-order valence-electron chi connectivity index (χ2n) is 6.07. The average molecular weight is 374 g/mol. The Labute approximate surface area is 156 Å². The van der Waals surface area contributed by atoms with E-state index in [0.29, 0.717) is 4.88 Å². The Kier molecular flexibility index (Phi) is 6.52. The van der Waals surface area contributed by atoms with Gasteiger partial charge in [-0.05, 0) is 48.9 Å². The van der Waals surface area contributed by atoms with Gasteiger partial charge in [0.15, 0.2) is 6.61 Å². The molecule has 0 saturated heterocycles. The Hall–Kier alpha value is -2.67. The number of carbonyl (C=O) groups is 3. The summed E-state index contributed by atoms with van der Waals surface area (Å²) >= 11 is 1.27. The van der Waals surface area contributed by atoms with Gasteiger partial charge < -0.3 is 15.0 Å². The highest BCUT2D eigenvalue weighted by atomic mass is 32.1. The highest BCUT2D eigenvalue weighted by Gasteiger charge is 2.18. The van der Waals surface area contributed by atoms with E-state index in [9.17, 15) is 14.4 Å². The van der Waals surface area contributed by atoms with Gasteiger partial charge >= 0.3 is 5.97 Å². The zero-order valence-corrected chi connectivity index (χ0v) is 16.1. The van der Waals surface area contributed by atoms with Crippen molar-refractivity contribution in [2.75, 3.05) is 25.5 Å². The average Bonchev–Trinajstić information content (AvgIpc) is 3.01. The number of benzene rings is 1. The summed E-state index contributed by atoms with van der Waals surface area (Å²) in [6.45, 7) is 5.09. The summed E-state index contributed by atoms with van der Waals surface area (Å²) < 4.78 is 5.04. The maximum Gasteiger partial charge on any atom is 0.349 e. The third kappa shape index (κ3) is 4.92. The molecule has 26 heavy (non-hydrogen) atoms. The second kappa shape index (κ2) is 8.62. The lowest BCUT2D eigenvalue weighted by Gasteiger charge is -2.18. The van der Waals surface area contributed by atoms with Gasteiger partial charge in [-0.15, -0.1) is 11.3 Å². The SMILES string of the molecule is Cc1ccsc1C(=O)OCC(=O)N(C)CC(=O)Nc1c(C)cccc1C. The molecule has 0 aliphatic heterocycles. The van der Waals surface area contributed by atoms with E-state index in [1.165, 1.54) is 23.3 Å². The number of para-hydroxylation sites is 1. The molecular formula is C19H22N2O4S. The summed E-state index contributed by atoms with van der Waals surface area (Å²) in [5, 5.41) is 4.61. The van der Waals surface area contributed by atoms with Crippen LogP contribution in [0.2, 0.25) is 0 Å². The fraction of sp³-hybridized carbons (Fsp3) is 0.316. The summed E-state index contributed by atoms with van der Waals surface area (Å²) in [7, 11) is 1.50. The minimum atomic E-state index is -0.528. The molecule has 6 nitrogen and oxygen atoms in total. The number of nitrogens with zero attached hydrogens (tertiary/aromatic N) is 1. The van der Waals surface area contributed by atoms with Crippen molar-refractivity contribution in [1.82, 2.24) is 4.90 Å². The van der Waals surface area contributed by atoms with Crippen molar-refractivity contribution in [2.45, 2.75) is 20.8 Å². The summed E-state index contributed by atoms with van der Waals surface area (Å²) in [5.74, 6) is -1.28. The van der Waals surface area contributed by atoms with Gasteiger partial charge in [0.05, 0.1) is 6.54 Å². The van der Waals surface area contributed by atoms with Crippen molar-refractivity contribution in [1.29, 1.82) is 0 Å². The van der Waals surface area contributed by atoms with Gasteiger partial charge in [-0.3, -0.25) is 9.59 Å². The first-order valence-electron chi connectivity index (χ1n) is 8.11. The molecule has 0 atom stereocenters. The second-order valence-corrected chi connectivity index (χ2v) is 6.99. The van der Waals surface area contributed by atoms with Crippen molar-refractivity contribution in [3.8, 4) is 0 Å². The number of amides is 2. The molecule has 1 aromatic carbocycles. The summed E-state index contributed by atoms with van der Waals surface area (Å²) in [4.78, 5) is 37.9. The predicted octanol–water partition coefficient (Wildman–Crippen LogP) is 2.93. The van der Waals surface area contributed by atoms with Crippen LogP contribution in [-0.4, -0.2) is 42.9 Å². The molecule has 2 aromatic rings. The Morgan fingerprint density at radius 1 is 1.08 bits per heavy atom. The first kappa shape index (κ1) is 19.7. The molecule has 0 bridgehead atoms. The van der Waals surface area contributed by atoms with Gasteiger partial charge in [-0.25, -0.2) is 4.79 Å². The molecule has 138 valence electrons. The molecule has 0 aliphatic carbocycles. The molecule has 2 rings (SSSR count). The maximum absolute atomic E-state index is 12.2. The van der Waals surface area contributed by atoms with Gasteiger partial charge in [-0.1, -0.05) is 18.2 Å². The van der Waals surface area contributed by atoms with Crippen molar-refractivity contribution < 1.29 is 19.1 Å². The van der Waals surface area contributed by atoms with E-state index in [1.807, 2.05) is 38.1 Å². The molecule has 2 amide bonds. The number of esters is 1. The van der Waals surface area contributed by atoms with Gasteiger partial charge in [-0.2, -0.15) is 0 Å². The van der Waals surface area contributed by atoms with Crippen LogP contribution in [0.15, 0.2) is 29.6 Å². The molecule has 0 unspecified atom stereocenters. The van der Waals surface area contributed by atoms with Crippen molar-refractivity contribution in [3.05, 3.63) is 51.2 Å². The Morgan fingerprint density at radius 3 is 2.31 bits per heavy atom. The van der Waals surface area contributed by atoms with Crippen LogP contribution in [0.1, 0.15) is 26.4 Å². The van der Waals surface area contributed by atoms with E-state index in [-0.39, 0.29) is 12.5 Å². The van der Waals surface area contributed by atoms with Crippen LogP contribution in [0.4, 0.5) is 5.69 Å². The van der Waals surface area contributed by atoms with E-state index in [0.717, 1.165) is 22.4 Å². The molecule has 0 aliphatic rings. The van der Waals surface area contributed by atoms with Crippen molar-refractivity contribution >= 4 is 34.8 Å². The largest absolute Gasteiger partial charge is 0.451 e. The van der Waals surface area contributed by atoms with E-state index < -0.39 is 18.5 Å². The third-order valence-corrected chi connectivity index (χ3v) is 4.92. The van der Waals surface area contributed by atoms with Crippen LogP contribution >= 0.6 is 11.3 Å². The summed E-state index contributed by atoms with van der Waals surface area (Å²) in [5.41, 5.74) is 3.46. The Morgan fingerprint density at radius 2 is 1.73 bits per heavy atom. The number of nitrogens with one attached hydrogen (secondary N) is 1. The number of carbonyl (C=O) groups excluding carboxylic acids is 3. The van der Waals surface area contributed by atoms with E-state index >= 15 is 0 Å². The minimum absolute atomic E-state index is 0.123. The lowest BCUT2D eigenvalue weighted by atomic mass is 10.1. The smallest absolute Gasteiger partial charge is 0.349 e. The van der Waals surface area contributed by atoms with Gasteiger partial charge in [0.25, 0.3) is 5.91 Å². The number of hydrogen-bond acceptors (Lipinski definition) is 5. The third-order valence-electron chi connectivity index (χ3n) is 3.93. The normalized spacial score (nSPS) is 10.3. The van der Waals surface area contributed by atoms with Gasteiger partial charge in [0.2, 0.25) is 5.91 Å². The lowest BCUT2D eigenvalue weighted by Crippen LogP contribution is -2.37. The van der Waals surface area contributed by atoms with E-state index in [1.54, 1.807) is 12.3 Å². The van der Waals surface area contributed by atoms with Crippen molar-refractivity contribution in [2.24, 2.45) is 0 Å². The predicted molar refractivity (Wildman–Crippen MR) is 102 cm³/mol. The number of rotatable bonds is 6. The maximum atomic E-state index is 12.2. The first-order chi connectivity index (χ1) is 12.3. The number of thiophene rings is 1. The minimum Gasteiger partial charge on any atom is -0.451 e. The molecule has 0 spiro atoms. The number of anilines is 1. The molecule has 1 aromatic heterocycles. The van der Waals surface area contributed by atoms with E-state index in [4.69, 9.17) is 4.74 Å². The molecule has 0 fully saturated rings. The van der Waals surface area contributed by atoms with Crippen LogP contribution in [0.25, 0.3) is 0 Å². The van der Waals surface area contributed by atoms with Crippen LogP contribution in [-0.2, 0) is 14.3 Å². The zero-order valence-electron chi connectivity index (χ0n) is 15.3. The molecule has 0 radical (unpaired) electrons.